The Kier molecular flexibility index (Phi) is 5.02. The van der Waals surface area contributed by atoms with Gasteiger partial charge in [0.1, 0.15) is 6.04 Å². The summed E-state index contributed by atoms with van der Waals surface area (Å²) >= 11 is 0. The summed E-state index contributed by atoms with van der Waals surface area (Å²) in [7, 11) is 1.19. The number of hydrogen-bond acceptors (Lipinski definition) is 6. The number of nitrogens with zero attached hydrogens (tertiary/aromatic N) is 1. The molecule has 0 saturated carbocycles. The number of methoxy groups -OCH3 is 1. The lowest BCUT2D eigenvalue weighted by molar-refractivity contribution is -0.178. The molecule has 1 fully saturated rings. The van der Waals surface area contributed by atoms with Gasteiger partial charge in [-0.25, -0.2) is 4.79 Å². The summed E-state index contributed by atoms with van der Waals surface area (Å²) in [5.74, 6) is -2.73. The van der Waals surface area contributed by atoms with Crippen molar-refractivity contribution < 1.29 is 28.7 Å². The summed E-state index contributed by atoms with van der Waals surface area (Å²) in [4.78, 5) is 46.6. The van der Waals surface area contributed by atoms with Gasteiger partial charge in [0.15, 0.2) is 0 Å². The van der Waals surface area contributed by atoms with Gasteiger partial charge in [0, 0.05) is 13.3 Å². The number of hydrogen-bond donors (Lipinski definition) is 0. The zero-order valence-electron chi connectivity index (χ0n) is 11.2. The summed E-state index contributed by atoms with van der Waals surface area (Å²) in [5, 5.41) is 0. The smallest absolute Gasteiger partial charge is 0.329 e. The zero-order valence-corrected chi connectivity index (χ0v) is 11.2. The number of carbonyl (C=O) groups is 4. The number of ether oxygens (including phenoxy) is 2. The molecule has 0 radical (unpaired) electrons. The Morgan fingerprint density at radius 1 is 1.32 bits per heavy atom. The Bertz CT molecular complexity index is 405. The van der Waals surface area contributed by atoms with Crippen molar-refractivity contribution in [2.24, 2.45) is 5.92 Å². The lowest BCUT2D eigenvalue weighted by Gasteiger charge is -2.43. The van der Waals surface area contributed by atoms with Crippen LogP contribution in [0.1, 0.15) is 26.7 Å². The van der Waals surface area contributed by atoms with Gasteiger partial charge in [-0.05, 0) is 13.3 Å². The molecule has 0 aromatic carbocycles. The third kappa shape index (κ3) is 3.10. The number of rotatable bonds is 5. The molecule has 1 aliphatic heterocycles. The third-order valence-electron chi connectivity index (χ3n) is 2.96. The van der Waals surface area contributed by atoms with Crippen LogP contribution >= 0.6 is 0 Å². The first-order chi connectivity index (χ1) is 8.93. The van der Waals surface area contributed by atoms with Crippen molar-refractivity contribution in [2.45, 2.75) is 32.7 Å². The van der Waals surface area contributed by atoms with E-state index in [-0.39, 0.29) is 19.4 Å². The minimum atomic E-state index is -0.926. The molecule has 1 rings (SSSR count). The molecule has 1 heterocycles. The van der Waals surface area contributed by atoms with Crippen molar-refractivity contribution in [3.05, 3.63) is 0 Å². The fraction of sp³-hybridized carbons (Fsp3) is 0.667. The van der Waals surface area contributed by atoms with E-state index in [4.69, 9.17) is 4.74 Å². The van der Waals surface area contributed by atoms with E-state index in [0.29, 0.717) is 0 Å². The summed E-state index contributed by atoms with van der Waals surface area (Å²) in [6.07, 6.45) is 0.199. The van der Waals surface area contributed by atoms with Crippen LogP contribution < -0.4 is 0 Å². The molecule has 2 atom stereocenters. The molecule has 0 spiro atoms. The molecule has 0 bridgehead atoms. The normalized spacial score (nSPS) is 21.6. The topological polar surface area (TPSA) is 90.0 Å². The fourth-order valence-electron chi connectivity index (χ4n) is 2.08. The number of likely N-dealkylation sites (tertiary alicyclic amines) is 1. The number of amides is 2. The number of β-lactam (4-membered cyclic amide) rings is 1. The van der Waals surface area contributed by atoms with Gasteiger partial charge in [0.05, 0.1) is 19.6 Å². The van der Waals surface area contributed by atoms with E-state index in [0.717, 1.165) is 4.90 Å². The SMILES string of the molecule is CCOC(=O)CCC1C(=O)N(C(C)=O)C1C(=O)OC. The van der Waals surface area contributed by atoms with Crippen LogP contribution in [0.2, 0.25) is 0 Å². The monoisotopic (exact) mass is 271 g/mol. The van der Waals surface area contributed by atoms with Crippen molar-refractivity contribution in [1.29, 1.82) is 0 Å². The van der Waals surface area contributed by atoms with E-state index in [1.165, 1.54) is 14.0 Å². The van der Waals surface area contributed by atoms with Crippen molar-refractivity contribution >= 4 is 23.8 Å². The molecular weight excluding hydrogens is 254 g/mol. The quantitative estimate of drug-likeness (QED) is 0.511. The first-order valence-electron chi connectivity index (χ1n) is 6.01. The number of imide groups is 1. The summed E-state index contributed by atoms with van der Waals surface area (Å²) in [5.41, 5.74) is 0. The second kappa shape index (κ2) is 6.31. The molecule has 0 aliphatic carbocycles. The van der Waals surface area contributed by atoms with Crippen LogP contribution in [0.25, 0.3) is 0 Å². The minimum absolute atomic E-state index is 0.0312. The Morgan fingerprint density at radius 2 is 1.95 bits per heavy atom. The van der Waals surface area contributed by atoms with E-state index in [1.54, 1.807) is 6.92 Å². The molecule has 0 aromatic rings. The fourth-order valence-corrected chi connectivity index (χ4v) is 2.08. The van der Waals surface area contributed by atoms with E-state index < -0.39 is 35.7 Å². The predicted octanol–water partition coefficient (Wildman–Crippen LogP) is -0.124. The van der Waals surface area contributed by atoms with Crippen molar-refractivity contribution in [3.8, 4) is 0 Å². The van der Waals surface area contributed by atoms with Crippen LogP contribution in [0, 0.1) is 5.92 Å². The average Bonchev–Trinajstić information content (AvgIpc) is 2.34. The summed E-state index contributed by atoms with van der Waals surface area (Å²) in [6, 6.07) is -0.926. The molecule has 1 saturated heterocycles. The van der Waals surface area contributed by atoms with E-state index in [2.05, 4.69) is 4.74 Å². The highest BCUT2D eigenvalue weighted by Crippen LogP contribution is 2.31. The minimum Gasteiger partial charge on any atom is -0.467 e. The van der Waals surface area contributed by atoms with Gasteiger partial charge in [-0.1, -0.05) is 0 Å². The summed E-state index contributed by atoms with van der Waals surface area (Å²) in [6.45, 7) is 3.15. The average molecular weight is 271 g/mol. The van der Waals surface area contributed by atoms with Gasteiger partial charge < -0.3 is 9.47 Å². The van der Waals surface area contributed by atoms with Crippen molar-refractivity contribution in [1.82, 2.24) is 4.90 Å². The van der Waals surface area contributed by atoms with E-state index in [1.807, 2.05) is 0 Å². The second-order valence-corrected chi connectivity index (χ2v) is 4.15. The lowest BCUT2D eigenvalue weighted by atomic mass is 9.83. The highest BCUT2D eigenvalue weighted by atomic mass is 16.5. The Hall–Kier alpha value is -1.92. The number of carbonyl (C=O) groups excluding carboxylic acids is 4. The first kappa shape index (κ1) is 15.1. The lowest BCUT2D eigenvalue weighted by Crippen LogP contribution is -2.66. The van der Waals surface area contributed by atoms with Crippen molar-refractivity contribution in [2.75, 3.05) is 13.7 Å². The van der Waals surface area contributed by atoms with Crippen LogP contribution in [0.15, 0.2) is 0 Å². The van der Waals surface area contributed by atoms with Crippen molar-refractivity contribution in [3.63, 3.8) is 0 Å². The van der Waals surface area contributed by atoms with E-state index in [9.17, 15) is 19.2 Å². The van der Waals surface area contributed by atoms with Gasteiger partial charge in [0.2, 0.25) is 11.8 Å². The standard InChI is InChI=1S/C12H17NO6/c1-4-19-9(15)6-5-8-10(12(17)18-3)13(7(2)14)11(8)16/h8,10H,4-6H2,1-3H3. The number of esters is 2. The third-order valence-corrected chi connectivity index (χ3v) is 2.96. The molecule has 19 heavy (non-hydrogen) atoms. The largest absolute Gasteiger partial charge is 0.467 e. The first-order valence-corrected chi connectivity index (χ1v) is 6.01. The Labute approximate surface area is 110 Å². The van der Waals surface area contributed by atoms with Crippen LogP contribution in [0.3, 0.4) is 0 Å². The molecule has 1 aliphatic rings. The maximum atomic E-state index is 11.7. The maximum Gasteiger partial charge on any atom is 0.329 e. The predicted molar refractivity (Wildman–Crippen MR) is 62.7 cm³/mol. The second-order valence-electron chi connectivity index (χ2n) is 4.15. The molecule has 0 N–H and O–H groups in total. The van der Waals surface area contributed by atoms with Crippen LogP contribution in [-0.2, 0) is 28.7 Å². The Balaban J connectivity index is 2.66. The molecule has 0 aromatic heterocycles. The zero-order chi connectivity index (χ0) is 14.6. The van der Waals surface area contributed by atoms with Crippen LogP contribution in [0.5, 0.6) is 0 Å². The van der Waals surface area contributed by atoms with Crippen LogP contribution in [0.4, 0.5) is 0 Å². The molecule has 7 nitrogen and oxygen atoms in total. The Morgan fingerprint density at radius 3 is 2.42 bits per heavy atom. The molecule has 2 unspecified atom stereocenters. The molecule has 2 amide bonds. The van der Waals surface area contributed by atoms with Gasteiger partial charge in [-0.3, -0.25) is 19.3 Å². The highest BCUT2D eigenvalue weighted by Gasteiger charge is 2.53. The van der Waals surface area contributed by atoms with Crippen LogP contribution in [-0.4, -0.2) is 48.4 Å². The maximum absolute atomic E-state index is 11.7. The highest BCUT2D eigenvalue weighted by molar-refractivity contribution is 6.07. The molecule has 106 valence electrons. The van der Waals surface area contributed by atoms with Gasteiger partial charge in [-0.15, -0.1) is 0 Å². The molecular formula is C12H17NO6. The van der Waals surface area contributed by atoms with E-state index >= 15 is 0 Å². The van der Waals surface area contributed by atoms with Gasteiger partial charge in [-0.2, -0.15) is 0 Å². The summed E-state index contributed by atoms with van der Waals surface area (Å²) < 4.78 is 9.31. The van der Waals surface area contributed by atoms with Gasteiger partial charge >= 0.3 is 11.9 Å². The molecule has 7 heteroatoms. The van der Waals surface area contributed by atoms with Gasteiger partial charge in [0.25, 0.3) is 0 Å².